The van der Waals surface area contributed by atoms with E-state index in [1.807, 2.05) is 6.07 Å². The highest BCUT2D eigenvalue weighted by atomic mass is 35.7. The Kier molecular flexibility index (Phi) is 2.73. The summed E-state index contributed by atoms with van der Waals surface area (Å²) < 4.78 is 27.4. The van der Waals surface area contributed by atoms with Crippen molar-refractivity contribution in [2.75, 3.05) is 7.11 Å². The lowest BCUT2D eigenvalue weighted by molar-refractivity contribution is 0.418. The number of aromatic nitrogens is 1. The smallest absolute Gasteiger partial charge is 0.278 e. The topological polar surface area (TPSA) is 56.3 Å². The summed E-state index contributed by atoms with van der Waals surface area (Å²) in [6, 6.07) is 8.33. The van der Waals surface area contributed by atoms with Crippen LogP contribution in [0.2, 0.25) is 0 Å². The van der Waals surface area contributed by atoms with Gasteiger partial charge in [-0.3, -0.25) is 0 Å². The minimum Gasteiger partial charge on any atom is -0.494 e. The number of halogens is 1. The van der Waals surface area contributed by atoms with Gasteiger partial charge in [0, 0.05) is 16.1 Å². The molecule has 0 spiro atoms. The van der Waals surface area contributed by atoms with E-state index in [9.17, 15) is 8.42 Å². The van der Waals surface area contributed by atoms with E-state index < -0.39 is 9.05 Å². The Morgan fingerprint density at radius 1 is 1.25 bits per heavy atom. The van der Waals surface area contributed by atoms with E-state index in [1.165, 1.54) is 13.2 Å². The van der Waals surface area contributed by atoms with E-state index in [1.54, 1.807) is 18.2 Å². The Hall–Kier alpha value is -1.33. The Morgan fingerprint density at radius 2 is 2.00 bits per heavy atom. The Bertz CT molecular complexity index is 640. The standard InChI is InChI=1S/C10H8ClNO3S/c1-15-8-4-2-3-7-5-6-9(12-10(7)8)16(11,13)14/h2-6H,1H3. The van der Waals surface area contributed by atoms with Gasteiger partial charge in [0.15, 0.2) is 5.03 Å². The lowest BCUT2D eigenvalue weighted by Crippen LogP contribution is -1.96. The van der Waals surface area contributed by atoms with Crippen molar-refractivity contribution in [3.8, 4) is 5.75 Å². The summed E-state index contributed by atoms with van der Waals surface area (Å²) in [6.07, 6.45) is 0. The second kappa shape index (κ2) is 3.92. The lowest BCUT2D eigenvalue weighted by atomic mass is 10.2. The number of pyridine rings is 1. The normalized spacial score (nSPS) is 11.6. The second-order valence-corrected chi connectivity index (χ2v) is 5.63. The highest BCUT2D eigenvalue weighted by Crippen LogP contribution is 2.25. The molecule has 2 rings (SSSR count). The molecule has 0 atom stereocenters. The zero-order valence-corrected chi connectivity index (χ0v) is 9.92. The number of hydrogen-bond donors (Lipinski definition) is 0. The molecule has 16 heavy (non-hydrogen) atoms. The largest absolute Gasteiger partial charge is 0.494 e. The van der Waals surface area contributed by atoms with Crippen molar-refractivity contribution in [1.29, 1.82) is 0 Å². The van der Waals surface area contributed by atoms with E-state index in [0.717, 1.165) is 5.39 Å². The van der Waals surface area contributed by atoms with Crippen molar-refractivity contribution in [2.45, 2.75) is 5.03 Å². The van der Waals surface area contributed by atoms with Crippen LogP contribution in [0.3, 0.4) is 0 Å². The summed E-state index contributed by atoms with van der Waals surface area (Å²) in [4.78, 5) is 3.97. The van der Waals surface area contributed by atoms with Crippen molar-refractivity contribution in [3.05, 3.63) is 30.3 Å². The van der Waals surface area contributed by atoms with Gasteiger partial charge in [0.25, 0.3) is 9.05 Å². The summed E-state index contributed by atoms with van der Waals surface area (Å²) in [5.41, 5.74) is 0.478. The molecule has 0 saturated carbocycles. The summed E-state index contributed by atoms with van der Waals surface area (Å²) >= 11 is 0. The predicted octanol–water partition coefficient (Wildman–Crippen LogP) is 2.17. The minimum atomic E-state index is -3.81. The number of benzene rings is 1. The zero-order valence-electron chi connectivity index (χ0n) is 8.34. The minimum absolute atomic E-state index is 0.175. The number of hydrogen-bond acceptors (Lipinski definition) is 4. The molecule has 0 aliphatic rings. The zero-order chi connectivity index (χ0) is 11.8. The van der Waals surface area contributed by atoms with Crippen molar-refractivity contribution in [1.82, 2.24) is 4.98 Å². The lowest BCUT2D eigenvalue weighted by Gasteiger charge is -2.04. The Morgan fingerprint density at radius 3 is 2.62 bits per heavy atom. The fraction of sp³-hybridized carbons (Fsp3) is 0.100. The second-order valence-electron chi connectivity index (χ2n) is 3.12. The van der Waals surface area contributed by atoms with Gasteiger partial charge in [-0.15, -0.1) is 0 Å². The fourth-order valence-electron chi connectivity index (χ4n) is 1.40. The van der Waals surface area contributed by atoms with Gasteiger partial charge < -0.3 is 4.74 Å². The summed E-state index contributed by atoms with van der Waals surface area (Å²) in [6.45, 7) is 0. The van der Waals surface area contributed by atoms with Crippen LogP contribution in [-0.2, 0) is 9.05 Å². The molecule has 1 aromatic heterocycles. The third-order valence-electron chi connectivity index (χ3n) is 2.13. The van der Waals surface area contributed by atoms with Crippen LogP contribution in [0.25, 0.3) is 10.9 Å². The molecule has 0 bridgehead atoms. The van der Waals surface area contributed by atoms with Crippen LogP contribution < -0.4 is 4.74 Å². The van der Waals surface area contributed by atoms with Crippen molar-refractivity contribution in [2.24, 2.45) is 0 Å². The highest BCUT2D eigenvalue weighted by molar-refractivity contribution is 8.13. The number of nitrogens with zero attached hydrogens (tertiary/aromatic N) is 1. The van der Waals surface area contributed by atoms with Crippen LogP contribution in [0.15, 0.2) is 35.4 Å². The van der Waals surface area contributed by atoms with Gasteiger partial charge >= 0.3 is 0 Å². The highest BCUT2D eigenvalue weighted by Gasteiger charge is 2.13. The van der Waals surface area contributed by atoms with Gasteiger partial charge in [0.2, 0.25) is 0 Å². The van der Waals surface area contributed by atoms with Crippen molar-refractivity contribution >= 4 is 30.6 Å². The van der Waals surface area contributed by atoms with Crippen molar-refractivity contribution < 1.29 is 13.2 Å². The SMILES string of the molecule is COc1cccc2ccc(S(=O)(=O)Cl)nc12. The molecule has 0 N–H and O–H groups in total. The van der Waals surface area contributed by atoms with Gasteiger partial charge in [-0.05, 0) is 18.2 Å². The molecule has 0 unspecified atom stereocenters. The summed E-state index contributed by atoms with van der Waals surface area (Å²) in [5, 5.41) is 0.620. The number of methoxy groups -OCH3 is 1. The van der Waals surface area contributed by atoms with Gasteiger partial charge in [-0.1, -0.05) is 12.1 Å². The van der Waals surface area contributed by atoms with Gasteiger partial charge in [0.1, 0.15) is 11.3 Å². The number of rotatable bonds is 2. The average molecular weight is 258 g/mol. The maximum atomic E-state index is 11.1. The molecule has 4 nitrogen and oxygen atoms in total. The third kappa shape index (κ3) is 1.96. The molecule has 1 aromatic carbocycles. The molecular formula is C10H8ClNO3S. The van der Waals surface area contributed by atoms with Crippen LogP contribution in [0.1, 0.15) is 0 Å². The maximum Gasteiger partial charge on any atom is 0.278 e. The molecule has 0 radical (unpaired) electrons. The van der Waals surface area contributed by atoms with Crippen LogP contribution >= 0.6 is 10.7 Å². The quantitative estimate of drug-likeness (QED) is 0.774. The van der Waals surface area contributed by atoms with E-state index in [2.05, 4.69) is 4.98 Å². The predicted molar refractivity (Wildman–Crippen MR) is 61.3 cm³/mol. The molecule has 1 heterocycles. The first-order valence-electron chi connectivity index (χ1n) is 4.41. The van der Waals surface area contributed by atoms with Crippen LogP contribution in [0.5, 0.6) is 5.75 Å². The maximum absolute atomic E-state index is 11.1. The first-order chi connectivity index (χ1) is 7.52. The molecule has 0 fully saturated rings. The summed E-state index contributed by atoms with van der Waals surface area (Å²) in [5.74, 6) is 0.514. The molecule has 0 aliphatic heterocycles. The molecular weight excluding hydrogens is 250 g/mol. The molecule has 6 heteroatoms. The van der Waals surface area contributed by atoms with E-state index in [-0.39, 0.29) is 5.03 Å². The van der Waals surface area contributed by atoms with Crippen LogP contribution in [0, 0.1) is 0 Å². The van der Waals surface area contributed by atoms with Gasteiger partial charge in [-0.2, -0.15) is 0 Å². The monoisotopic (exact) mass is 257 g/mol. The van der Waals surface area contributed by atoms with E-state index in [4.69, 9.17) is 15.4 Å². The van der Waals surface area contributed by atoms with Crippen molar-refractivity contribution in [3.63, 3.8) is 0 Å². The molecule has 0 saturated heterocycles. The molecule has 2 aromatic rings. The third-order valence-corrected chi connectivity index (χ3v) is 3.33. The average Bonchev–Trinajstić information content (AvgIpc) is 2.26. The first-order valence-corrected chi connectivity index (χ1v) is 6.72. The van der Waals surface area contributed by atoms with Crippen LogP contribution in [-0.4, -0.2) is 20.5 Å². The molecule has 0 aliphatic carbocycles. The number of fused-ring (bicyclic) bond motifs is 1. The van der Waals surface area contributed by atoms with Gasteiger partial charge in [-0.25, -0.2) is 13.4 Å². The van der Waals surface area contributed by atoms with Gasteiger partial charge in [0.05, 0.1) is 7.11 Å². The molecule has 0 amide bonds. The summed E-state index contributed by atoms with van der Waals surface area (Å²) in [7, 11) is 2.91. The molecule has 84 valence electrons. The number of para-hydroxylation sites is 1. The Labute approximate surface area is 97.2 Å². The fourth-order valence-corrected chi connectivity index (χ4v) is 2.09. The number of ether oxygens (including phenoxy) is 1. The van der Waals surface area contributed by atoms with E-state index >= 15 is 0 Å². The van der Waals surface area contributed by atoms with Crippen LogP contribution in [0.4, 0.5) is 0 Å². The first kappa shape index (κ1) is 11.2. The Balaban J connectivity index is 2.78. The van der Waals surface area contributed by atoms with E-state index in [0.29, 0.717) is 11.3 Å².